The van der Waals surface area contributed by atoms with Crippen molar-refractivity contribution >= 4 is 5.96 Å². The maximum Gasteiger partial charge on any atom is 0.191 e. The van der Waals surface area contributed by atoms with Crippen LogP contribution in [0.2, 0.25) is 0 Å². The van der Waals surface area contributed by atoms with Gasteiger partial charge in [0.15, 0.2) is 5.96 Å². The SMILES string of the molecule is CCNC(=NCc1ccnn1C)NCC(CC)Oc1cccc(F)c1. The predicted molar refractivity (Wildman–Crippen MR) is 97.1 cm³/mol. The van der Waals surface area contributed by atoms with Gasteiger partial charge in [-0.15, -0.1) is 0 Å². The van der Waals surface area contributed by atoms with Crippen molar-refractivity contribution in [2.24, 2.45) is 12.0 Å². The molecular weight excluding hydrogens is 321 g/mol. The van der Waals surface area contributed by atoms with Crippen molar-refractivity contribution in [3.05, 3.63) is 48.0 Å². The van der Waals surface area contributed by atoms with Crippen molar-refractivity contribution < 1.29 is 9.13 Å². The summed E-state index contributed by atoms with van der Waals surface area (Å²) in [6, 6.07) is 8.14. The minimum absolute atomic E-state index is 0.0811. The Hall–Kier alpha value is -2.57. The summed E-state index contributed by atoms with van der Waals surface area (Å²) in [7, 11) is 1.89. The van der Waals surface area contributed by atoms with Crippen LogP contribution in [0.3, 0.4) is 0 Å². The predicted octanol–water partition coefficient (Wildman–Crippen LogP) is 2.47. The highest BCUT2D eigenvalue weighted by Gasteiger charge is 2.10. The average Bonchev–Trinajstić information content (AvgIpc) is 3.01. The Morgan fingerprint density at radius 3 is 2.80 bits per heavy atom. The summed E-state index contributed by atoms with van der Waals surface area (Å²) in [5.74, 6) is 0.946. The fraction of sp³-hybridized carbons (Fsp3) is 0.444. The number of guanidine groups is 1. The van der Waals surface area contributed by atoms with E-state index in [1.807, 2.05) is 27.0 Å². The van der Waals surface area contributed by atoms with E-state index in [2.05, 4.69) is 20.7 Å². The van der Waals surface area contributed by atoms with Crippen molar-refractivity contribution in [3.8, 4) is 5.75 Å². The van der Waals surface area contributed by atoms with Gasteiger partial charge in [0.2, 0.25) is 0 Å². The van der Waals surface area contributed by atoms with Crippen LogP contribution in [0.15, 0.2) is 41.5 Å². The third-order valence-electron chi connectivity index (χ3n) is 3.72. The molecule has 1 heterocycles. The number of hydrogen-bond acceptors (Lipinski definition) is 3. The van der Waals surface area contributed by atoms with Crippen LogP contribution in [-0.2, 0) is 13.6 Å². The third kappa shape index (κ3) is 6.10. The Balaban J connectivity index is 1.92. The normalized spacial score (nSPS) is 12.7. The van der Waals surface area contributed by atoms with E-state index < -0.39 is 0 Å². The molecule has 1 aromatic carbocycles. The lowest BCUT2D eigenvalue weighted by Crippen LogP contribution is -2.42. The smallest absolute Gasteiger partial charge is 0.191 e. The maximum absolute atomic E-state index is 13.3. The fourth-order valence-electron chi connectivity index (χ4n) is 2.27. The monoisotopic (exact) mass is 347 g/mol. The standard InChI is InChI=1S/C18H26FN5O/c1-4-16(25-17-8-6-7-14(19)11-17)13-22-18(20-5-2)21-12-15-9-10-23-24(15)3/h6-11,16H,4-5,12-13H2,1-3H3,(H2,20,21,22). The number of rotatable bonds is 8. The molecule has 2 aromatic rings. The summed E-state index contributed by atoms with van der Waals surface area (Å²) in [5, 5.41) is 10.6. The van der Waals surface area contributed by atoms with Crippen LogP contribution in [0.4, 0.5) is 4.39 Å². The minimum Gasteiger partial charge on any atom is -0.489 e. The lowest BCUT2D eigenvalue weighted by atomic mass is 10.2. The topological polar surface area (TPSA) is 63.5 Å². The molecule has 1 atom stereocenters. The number of aryl methyl sites for hydroxylation is 1. The maximum atomic E-state index is 13.3. The Kier molecular flexibility index (Phi) is 7.25. The Morgan fingerprint density at radius 2 is 2.16 bits per heavy atom. The first-order chi connectivity index (χ1) is 12.1. The van der Waals surface area contributed by atoms with E-state index in [-0.39, 0.29) is 11.9 Å². The van der Waals surface area contributed by atoms with E-state index in [9.17, 15) is 4.39 Å². The highest BCUT2D eigenvalue weighted by Crippen LogP contribution is 2.14. The zero-order valence-electron chi connectivity index (χ0n) is 15.0. The number of nitrogens with one attached hydrogen (secondary N) is 2. The highest BCUT2D eigenvalue weighted by molar-refractivity contribution is 5.79. The van der Waals surface area contributed by atoms with Crippen molar-refractivity contribution in [3.63, 3.8) is 0 Å². The van der Waals surface area contributed by atoms with Crippen LogP contribution < -0.4 is 15.4 Å². The van der Waals surface area contributed by atoms with E-state index in [0.717, 1.165) is 18.7 Å². The second-order valence-electron chi connectivity index (χ2n) is 5.63. The molecule has 0 spiro atoms. The van der Waals surface area contributed by atoms with Gasteiger partial charge in [-0.25, -0.2) is 9.38 Å². The van der Waals surface area contributed by atoms with Gasteiger partial charge >= 0.3 is 0 Å². The molecule has 1 aromatic heterocycles. The summed E-state index contributed by atoms with van der Waals surface area (Å²) in [6.07, 6.45) is 2.47. The quantitative estimate of drug-likeness (QED) is 0.569. The summed E-state index contributed by atoms with van der Waals surface area (Å²) < 4.78 is 20.9. The average molecular weight is 347 g/mol. The van der Waals surface area contributed by atoms with Crippen LogP contribution >= 0.6 is 0 Å². The molecule has 0 saturated carbocycles. The fourth-order valence-corrected chi connectivity index (χ4v) is 2.27. The number of ether oxygens (including phenoxy) is 1. The number of aromatic nitrogens is 2. The van der Waals surface area contributed by atoms with E-state index >= 15 is 0 Å². The van der Waals surface area contributed by atoms with Gasteiger partial charge < -0.3 is 15.4 Å². The molecule has 2 rings (SSSR count). The van der Waals surface area contributed by atoms with Crippen LogP contribution in [-0.4, -0.2) is 34.9 Å². The summed E-state index contributed by atoms with van der Waals surface area (Å²) in [6.45, 7) is 5.92. The molecule has 0 fully saturated rings. The second kappa shape index (κ2) is 9.66. The summed E-state index contributed by atoms with van der Waals surface area (Å²) in [5.41, 5.74) is 1.03. The Labute approximate surface area is 148 Å². The molecule has 6 nitrogen and oxygen atoms in total. The van der Waals surface area contributed by atoms with Crippen LogP contribution in [0.5, 0.6) is 5.75 Å². The van der Waals surface area contributed by atoms with Gasteiger partial charge in [-0.2, -0.15) is 5.10 Å². The molecule has 0 bridgehead atoms. The zero-order valence-corrected chi connectivity index (χ0v) is 15.0. The highest BCUT2D eigenvalue weighted by atomic mass is 19.1. The number of hydrogen-bond donors (Lipinski definition) is 2. The number of nitrogens with zero attached hydrogens (tertiary/aromatic N) is 3. The number of benzene rings is 1. The molecule has 0 saturated heterocycles. The molecule has 7 heteroatoms. The van der Waals surface area contributed by atoms with Gasteiger partial charge in [0.25, 0.3) is 0 Å². The van der Waals surface area contributed by atoms with Gasteiger partial charge in [-0.05, 0) is 31.5 Å². The second-order valence-corrected chi connectivity index (χ2v) is 5.63. The van der Waals surface area contributed by atoms with Crippen molar-refractivity contribution in [2.75, 3.05) is 13.1 Å². The van der Waals surface area contributed by atoms with E-state index in [1.165, 1.54) is 12.1 Å². The van der Waals surface area contributed by atoms with Gasteiger partial charge in [0.1, 0.15) is 17.7 Å². The summed E-state index contributed by atoms with van der Waals surface area (Å²) >= 11 is 0. The van der Waals surface area contributed by atoms with Gasteiger partial charge in [-0.3, -0.25) is 4.68 Å². The van der Waals surface area contributed by atoms with E-state index in [0.29, 0.717) is 24.8 Å². The van der Waals surface area contributed by atoms with Crippen molar-refractivity contribution in [1.82, 2.24) is 20.4 Å². The molecule has 2 N–H and O–H groups in total. The van der Waals surface area contributed by atoms with Gasteiger partial charge in [0, 0.05) is 25.9 Å². The van der Waals surface area contributed by atoms with Gasteiger partial charge in [-0.1, -0.05) is 13.0 Å². The molecule has 25 heavy (non-hydrogen) atoms. The van der Waals surface area contributed by atoms with E-state index in [4.69, 9.17) is 4.74 Å². The van der Waals surface area contributed by atoms with E-state index in [1.54, 1.807) is 23.0 Å². The molecular formula is C18H26FN5O. The zero-order chi connectivity index (χ0) is 18.1. The molecule has 1 unspecified atom stereocenters. The molecule has 0 aliphatic rings. The number of halogens is 1. The first-order valence-corrected chi connectivity index (χ1v) is 8.53. The lowest BCUT2D eigenvalue weighted by molar-refractivity contribution is 0.198. The van der Waals surface area contributed by atoms with Gasteiger partial charge in [0.05, 0.1) is 18.8 Å². The largest absolute Gasteiger partial charge is 0.489 e. The molecule has 0 aliphatic heterocycles. The number of aliphatic imine (C=N–C) groups is 1. The molecule has 136 valence electrons. The third-order valence-corrected chi connectivity index (χ3v) is 3.72. The Morgan fingerprint density at radius 1 is 1.32 bits per heavy atom. The first kappa shape index (κ1) is 18.8. The van der Waals surface area contributed by atoms with Crippen molar-refractivity contribution in [2.45, 2.75) is 32.9 Å². The Bertz CT molecular complexity index is 686. The molecule has 0 aliphatic carbocycles. The minimum atomic E-state index is -0.300. The first-order valence-electron chi connectivity index (χ1n) is 8.53. The lowest BCUT2D eigenvalue weighted by Gasteiger charge is -2.20. The molecule has 0 radical (unpaired) electrons. The van der Waals surface area contributed by atoms with Crippen LogP contribution in [0.1, 0.15) is 26.0 Å². The van der Waals surface area contributed by atoms with Crippen LogP contribution in [0, 0.1) is 5.82 Å². The molecule has 0 amide bonds. The summed E-state index contributed by atoms with van der Waals surface area (Å²) in [4.78, 5) is 4.56. The van der Waals surface area contributed by atoms with Crippen LogP contribution in [0.25, 0.3) is 0 Å². The van der Waals surface area contributed by atoms with Crippen molar-refractivity contribution in [1.29, 1.82) is 0 Å².